The van der Waals surface area contributed by atoms with Crippen molar-refractivity contribution in [1.82, 2.24) is 0 Å². The summed E-state index contributed by atoms with van der Waals surface area (Å²) in [5, 5.41) is 9.05. The summed E-state index contributed by atoms with van der Waals surface area (Å²) in [5.41, 5.74) is 0.817. The number of alkyl halides is 1. The van der Waals surface area contributed by atoms with Crippen LogP contribution in [-0.2, 0) is 14.4 Å². The van der Waals surface area contributed by atoms with Crippen LogP contribution in [0.25, 0.3) is 0 Å². The van der Waals surface area contributed by atoms with Crippen LogP contribution in [0.5, 0.6) is 0 Å². The Morgan fingerprint density at radius 1 is 1.47 bits per heavy atom. The van der Waals surface area contributed by atoms with Crippen LogP contribution in [0.4, 0.5) is 0 Å². The molecule has 15 heavy (non-hydrogen) atoms. The molecule has 0 aliphatic heterocycles. The molecule has 0 saturated heterocycles. The smallest absolute Gasteiger partial charge is 0.207 e. The Bertz CT molecular complexity index is 536. The maximum atomic E-state index is 11.2. The van der Waals surface area contributed by atoms with Gasteiger partial charge >= 0.3 is 0 Å². The lowest BCUT2D eigenvalue weighted by atomic mass is 10.1. The third kappa shape index (κ3) is 2.72. The van der Waals surface area contributed by atoms with E-state index in [1.807, 2.05) is 6.07 Å². The van der Waals surface area contributed by atoms with Gasteiger partial charge in [-0.05, 0) is 33.6 Å². The van der Waals surface area contributed by atoms with Gasteiger partial charge in [-0.1, -0.05) is 15.9 Å². The minimum Gasteiger partial charge on any atom is -0.207 e. The van der Waals surface area contributed by atoms with Gasteiger partial charge in [0.1, 0.15) is 6.07 Å². The van der Waals surface area contributed by atoms with Crippen molar-refractivity contribution in [2.75, 3.05) is 0 Å². The SMILES string of the molecule is N#Cc1ccc(S(=O)(=O)Cl)c(CBr)c1Br. The lowest BCUT2D eigenvalue weighted by Crippen LogP contribution is -1.98. The van der Waals surface area contributed by atoms with Gasteiger partial charge in [-0.25, -0.2) is 8.42 Å². The van der Waals surface area contributed by atoms with Gasteiger partial charge in [0.25, 0.3) is 9.05 Å². The molecule has 0 heterocycles. The molecule has 0 saturated carbocycles. The first-order valence-corrected chi connectivity index (χ1v) is 7.86. The average Bonchev–Trinajstić information content (AvgIpc) is 2.15. The first kappa shape index (κ1) is 13.0. The lowest BCUT2D eigenvalue weighted by Gasteiger charge is -2.07. The fraction of sp³-hybridized carbons (Fsp3) is 0.125. The zero-order chi connectivity index (χ0) is 11.6. The first-order chi connectivity index (χ1) is 6.91. The van der Waals surface area contributed by atoms with E-state index in [1.165, 1.54) is 12.1 Å². The molecule has 0 N–H and O–H groups in total. The van der Waals surface area contributed by atoms with Gasteiger partial charge in [0, 0.05) is 20.5 Å². The third-order valence-corrected chi connectivity index (χ3v) is 4.59. The second kappa shape index (κ2) is 4.83. The Hall–Kier alpha value is -0.0900. The third-order valence-electron chi connectivity index (χ3n) is 1.72. The molecule has 0 aromatic heterocycles. The van der Waals surface area contributed by atoms with Crippen LogP contribution in [0.2, 0.25) is 0 Å². The number of nitrogens with zero attached hydrogens (tertiary/aromatic N) is 1. The highest BCUT2D eigenvalue weighted by Crippen LogP contribution is 2.31. The van der Waals surface area contributed by atoms with Crippen molar-refractivity contribution in [3.05, 3.63) is 27.7 Å². The Labute approximate surface area is 109 Å². The molecule has 80 valence electrons. The van der Waals surface area contributed by atoms with E-state index in [0.717, 1.165) is 0 Å². The van der Waals surface area contributed by atoms with E-state index in [0.29, 0.717) is 20.9 Å². The quantitative estimate of drug-likeness (QED) is 0.591. The first-order valence-electron chi connectivity index (χ1n) is 3.64. The molecule has 0 aliphatic rings. The van der Waals surface area contributed by atoms with Crippen LogP contribution in [0, 0.1) is 11.3 Å². The van der Waals surface area contributed by atoms with Crippen molar-refractivity contribution < 1.29 is 8.42 Å². The summed E-state index contributed by atoms with van der Waals surface area (Å²) in [5.74, 6) is 0. The summed E-state index contributed by atoms with van der Waals surface area (Å²) in [6.45, 7) is 0. The minimum atomic E-state index is -3.79. The summed E-state index contributed by atoms with van der Waals surface area (Å²) in [7, 11) is 1.47. The molecule has 1 aromatic carbocycles. The predicted molar refractivity (Wildman–Crippen MR) is 64.5 cm³/mol. The van der Waals surface area contributed by atoms with Crippen molar-refractivity contribution in [3.63, 3.8) is 0 Å². The molecule has 0 bridgehead atoms. The van der Waals surface area contributed by atoms with Crippen molar-refractivity contribution in [2.45, 2.75) is 10.2 Å². The van der Waals surface area contributed by atoms with Crippen molar-refractivity contribution >= 4 is 51.6 Å². The lowest BCUT2D eigenvalue weighted by molar-refractivity contribution is 0.609. The van der Waals surface area contributed by atoms with E-state index >= 15 is 0 Å². The highest BCUT2D eigenvalue weighted by Gasteiger charge is 2.19. The van der Waals surface area contributed by atoms with Gasteiger partial charge in [-0.2, -0.15) is 5.26 Å². The van der Waals surface area contributed by atoms with Crippen LogP contribution >= 0.6 is 42.5 Å². The molecule has 0 unspecified atom stereocenters. The van der Waals surface area contributed by atoms with Crippen molar-refractivity contribution in [1.29, 1.82) is 5.26 Å². The molecule has 0 aliphatic carbocycles. The Morgan fingerprint density at radius 2 is 2.07 bits per heavy atom. The summed E-state index contributed by atoms with van der Waals surface area (Å²) >= 11 is 6.32. The Balaban J connectivity index is 3.61. The molecule has 0 fully saturated rings. The van der Waals surface area contributed by atoms with E-state index in [2.05, 4.69) is 31.9 Å². The highest BCUT2D eigenvalue weighted by atomic mass is 79.9. The van der Waals surface area contributed by atoms with E-state index < -0.39 is 9.05 Å². The van der Waals surface area contributed by atoms with Crippen molar-refractivity contribution in [2.24, 2.45) is 0 Å². The largest absolute Gasteiger partial charge is 0.261 e. The standard InChI is InChI=1S/C8H4Br2ClNO2S/c9-3-6-7(15(11,13)14)2-1-5(4-12)8(6)10/h1-2H,3H2. The van der Waals surface area contributed by atoms with Crippen LogP contribution in [0.3, 0.4) is 0 Å². The summed E-state index contributed by atoms with van der Waals surface area (Å²) in [4.78, 5) is 0.00640. The monoisotopic (exact) mass is 371 g/mol. The molecule has 0 atom stereocenters. The van der Waals surface area contributed by atoms with Gasteiger partial charge in [-0.3, -0.25) is 0 Å². The highest BCUT2D eigenvalue weighted by molar-refractivity contribution is 9.10. The number of nitriles is 1. The normalized spacial score (nSPS) is 11.1. The maximum absolute atomic E-state index is 11.2. The summed E-state index contributed by atoms with van der Waals surface area (Å²) < 4.78 is 22.9. The second-order valence-corrected chi connectivity index (χ2v) is 6.48. The predicted octanol–water partition coefficient (Wildman–Crippen LogP) is 3.14. The van der Waals surface area contributed by atoms with Crippen molar-refractivity contribution in [3.8, 4) is 6.07 Å². The molecule has 3 nitrogen and oxygen atoms in total. The molecule has 0 amide bonds. The zero-order valence-electron chi connectivity index (χ0n) is 7.17. The number of halogens is 3. The van der Waals surface area contributed by atoms with E-state index in [-0.39, 0.29) is 4.90 Å². The summed E-state index contributed by atoms with van der Waals surface area (Å²) in [6, 6.07) is 4.67. The fourth-order valence-electron chi connectivity index (χ4n) is 1.04. The molecular weight excluding hydrogens is 369 g/mol. The molecule has 0 spiro atoms. The van der Waals surface area contributed by atoms with Gasteiger partial charge in [0.05, 0.1) is 10.5 Å². The number of hydrogen-bond donors (Lipinski definition) is 0. The van der Waals surface area contributed by atoms with Crippen LogP contribution in [-0.4, -0.2) is 8.42 Å². The van der Waals surface area contributed by atoms with Gasteiger partial charge in [-0.15, -0.1) is 0 Å². The van der Waals surface area contributed by atoms with Crippen LogP contribution in [0.15, 0.2) is 21.5 Å². The Kier molecular flexibility index (Phi) is 4.18. The average molecular weight is 373 g/mol. The van der Waals surface area contributed by atoms with Gasteiger partial charge in [0.15, 0.2) is 0 Å². The maximum Gasteiger partial charge on any atom is 0.261 e. The van der Waals surface area contributed by atoms with E-state index in [9.17, 15) is 8.42 Å². The fourth-order valence-corrected chi connectivity index (χ4v) is 4.03. The number of rotatable bonds is 2. The molecule has 0 radical (unpaired) electrons. The molecule has 1 rings (SSSR count). The van der Waals surface area contributed by atoms with Gasteiger partial charge in [0.2, 0.25) is 0 Å². The molecule has 1 aromatic rings. The number of hydrogen-bond acceptors (Lipinski definition) is 3. The number of benzene rings is 1. The van der Waals surface area contributed by atoms with Crippen LogP contribution in [0.1, 0.15) is 11.1 Å². The second-order valence-electron chi connectivity index (χ2n) is 2.59. The zero-order valence-corrected chi connectivity index (χ0v) is 11.9. The van der Waals surface area contributed by atoms with E-state index in [1.54, 1.807) is 0 Å². The Morgan fingerprint density at radius 3 is 2.47 bits per heavy atom. The molecule has 7 heteroatoms. The van der Waals surface area contributed by atoms with Gasteiger partial charge < -0.3 is 0 Å². The topological polar surface area (TPSA) is 57.9 Å². The minimum absolute atomic E-state index is 0.00640. The van der Waals surface area contributed by atoms with Crippen LogP contribution < -0.4 is 0 Å². The van der Waals surface area contributed by atoms with E-state index in [4.69, 9.17) is 15.9 Å². The summed E-state index contributed by atoms with van der Waals surface area (Å²) in [6.07, 6.45) is 0. The molecular formula is C8H4Br2ClNO2S.